The number of carbonyl (C=O) groups excluding carboxylic acids is 1. The minimum absolute atomic E-state index is 0.0139. The number of nitrogens with zero attached hydrogens (tertiary/aromatic N) is 4. The Labute approximate surface area is 108 Å². The van der Waals surface area contributed by atoms with E-state index in [2.05, 4.69) is 10.3 Å². The van der Waals surface area contributed by atoms with Crippen molar-refractivity contribution in [3.8, 4) is 5.69 Å². The molecule has 0 spiro atoms. The molecule has 2 heterocycles. The molecule has 3 rings (SSSR count). The zero-order valence-electron chi connectivity index (χ0n) is 10.1. The number of carbonyl (C=O) groups is 2. The summed E-state index contributed by atoms with van der Waals surface area (Å²) in [6.45, 7) is 0.400. The van der Waals surface area contributed by atoms with E-state index < -0.39 is 11.9 Å². The smallest absolute Gasteiger partial charge is 0.358 e. The summed E-state index contributed by atoms with van der Waals surface area (Å²) in [5.41, 5.74) is 1.22. The number of amides is 1. The fourth-order valence-corrected chi connectivity index (χ4v) is 2.15. The number of benzene rings is 1. The number of aromatic nitrogens is 3. The van der Waals surface area contributed by atoms with Crippen molar-refractivity contribution in [1.29, 1.82) is 0 Å². The first-order valence-corrected chi connectivity index (χ1v) is 5.62. The van der Waals surface area contributed by atoms with Crippen molar-refractivity contribution in [3.63, 3.8) is 0 Å². The molecular formula is C12H10N4O3. The average molecular weight is 258 g/mol. The number of aromatic carboxylic acids is 1. The molecule has 1 aromatic carbocycles. The quantitative estimate of drug-likeness (QED) is 0.807. The second-order valence-corrected chi connectivity index (χ2v) is 4.29. The Morgan fingerprint density at radius 3 is 2.84 bits per heavy atom. The van der Waals surface area contributed by atoms with Gasteiger partial charge in [0, 0.05) is 13.6 Å². The molecule has 0 fully saturated rings. The molecule has 1 aromatic heterocycles. The minimum Gasteiger partial charge on any atom is -0.476 e. The lowest BCUT2D eigenvalue weighted by Gasteiger charge is -2.13. The lowest BCUT2D eigenvalue weighted by Crippen LogP contribution is -2.27. The van der Waals surface area contributed by atoms with Crippen LogP contribution in [0.2, 0.25) is 0 Å². The topological polar surface area (TPSA) is 88.3 Å². The molecule has 0 bridgehead atoms. The molecular weight excluding hydrogens is 248 g/mol. The number of hydrogen-bond acceptors (Lipinski definition) is 4. The summed E-state index contributed by atoms with van der Waals surface area (Å²) in [7, 11) is 1.62. The third-order valence-corrected chi connectivity index (χ3v) is 3.05. The fourth-order valence-electron chi connectivity index (χ4n) is 2.15. The van der Waals surface area contributed by atoms with Crippen molar-refractivity contribution in [2.75, 3.05) is 7.05 Å². The Bertz CT molecular complexity index is 692. The van der Waals surface area contributed by atoms with Gasteiger partial charge in [0.05, 0.1) is 5.69 Å². The third-order valence-electron chi connectivity index (χ3n) is 3.05. The van der Waals surface area contributed by atoms with Gasteiger partial charge in [-0.05, 0) is 11.6 Å². The number of carboxylic acid groups (broad SMARTS) is 1. The van der Waals surface area contributed by atoms with E-state index in [1.165, 1.54) is 9.58 Å². The van der Waals surface area contributed by atoms with Crippen LogP contribution in [0.25, 0.3) is 5.69 Å². The molecule has 7 heteroatoms. The summed E-state index contributed by atoms with van der Waals surface area (Å²) in [4.78, 5) is 24.8. The van der Waals surface area contributed by atoms with Gasteiger partial charge >= 0.3 is 5.97 Å². The monoisotopic (exact) mass is 258 g/mol. The second-order valence-electron chi connectivity index (χ2n) is 4.29. The van der Waals surface area contributed by atoms with Gasteiger partial charge in [-0.25, -0.2) is 9.48 Å². The van der Waals surface area contributed by atoms with Crippen molar-refractivity contribution < 1.29 is 14.7 Å². The van der Waals surface area contributed by atoms with Gasteiger partial charge in [-0.15, -0.1) is 5.10 Å². The lowest BCUT2D eigenvalue weighted by atomic mass is 10.2. The van der Waals surface area contributed by atoms with Gasteiger partial charge in [0.2, 0.25) is 5.69 Å². The van der Waals surface area contributed by atoms with E-state index in [1.54, 1.807) is 19.2 Å². The molecule has 0 atom stereocenters. The van der Waals surface area contributed by atoms with E-state index in [9.17, 15) is 9.59 Å². The van der Waals surface area contributed by atoms with Gasteiger partial charge in [0.1, 0.15) is 0 Å². The maximum atomic E-state index is 12.3. The van der Waals surface area contributed by atoms with E-state index in [-0.39, 0.29) is 11.4 Å². The van der Waals surface area contributed by atoms with E-state index in [0.29, 0.717) is 12.2 Å². The third kappa shape index (κ3) is 1.59. The zero-order chi connectivity index (χ0) is 13.6. The zero-order valence-corrected chi connectivity index (χ0v) is 10.1. The van der Waals surface area contributed by atoms with Crippen LogP contribution in [-0.2, 0) is 6.54 Å². The fraction of sp³-hybridized carbons (Fsp3) is 0.167. The van der Waals surface area contributed by atoms with Crippen LogP contribution >= 0.6 is 0 Å². The highest BCUT2D eigenvalue weighted by atomic mass is 16.4. The van der Waals surface area contributed by atoms with Crippen LogP contribution < -0.4 is 0 Å². The number of fused-ring (bicyclic) bond motifs is 3. The number of carboxylic acids is 1. The second kappa shape index (κ2) is 3.91. The number of para-hydroxylation sites is 1. The average Bonchev–Trinajstić information content (AvgIpc) is 2.79. The van der Waals surface area contributed by atoms with Crippen LogP contribution in [0.4, 0.5) is 0 Å². The normalized spacial score (nSPS) is 13.7. The highest BCUT2D eigenvalue weighted by molar-refractivity contribution is 6.02. The Morgan fingerprint density at radius 2 is 2.11 bits per heavy atom. The first-order chi connectivity index (χ1) is 9.09. The van der Waals surface area contributed by atoms with E-state index in [1.807, 2.05) is 12.1 Å². The molecule has 0 saturated heterocycles. The molecule has 1 aliphatic rings. The molecule has 1 aliphatic heterocycles. The largest absolute Gasteiger partial charge is 0.476 e. The maximum absolute atomic E-state index is 12.3. The molecule has 1 N–H and O–H groups in total. The lowest BCUT2D eigenvalue weighted by molar-refractivity contribution is 0.0674. The molecule has 0 radical (unpaired) electrons. The van der Waals surface area contributed by atoms with E-state index in [4.69, 9.17) is 5.11 Å². The molecule has 2 aromatic rings. The summed E-state index contributed by atoms with van der Waals surface area (Å²) in [5, 5.41) is 16.5. The molecule has 19 heavy (non-hydrogen) atoms. The summed E-state index contributed by atoms with van der Waals surface area (Å²) >= 11 is 0. The molecule has 0 unspecified atom stereocenters. The molecule has 7 nitrogen and oxygen atoms in total. The van der Waals surface area contributed by atoms with Gasteiger partial charge in [-0.2, -0.15) is 0 Å². The van der Waals surface area contributed by atoms with Gasteiger partial charge < -0.3 is 10.0 Å². The Morgan fingerprint density at radius 1 is 1.37 bits per heavy atom. The summed E-state index contributed by atoms with van der Waals surface area (Å²) in [6, 6.07) is 7.32. The van der Waals surface area contributed by atoms with Crippen LogP contribution in [0, 0.1) is 0 Å². The van der Waals surface area contributed by atoms with Crippen molar-refractivity contribution in [2.24, 2.45) is 0 Å². The first kappa shape index (κ1) is 11.4. The predicted octanol–water partition coefficient (Wildman–Crippen LogP) is 0.551. The van der Waals surface area contributed by atoms with Crippen LogP contribution in [-0.4, -0.2) is 43.9 Å². The Balaban J connectivity index is 2.33. The Kier molecular flexibility index (Phi) is 2.34. The standard InChI is InChI=1S/C12H10N4O3/c1-15-6-7-4-2-3-5-8(7)16-10(11(15)17)9(12(18)19)13-14-16/h2-5H,6H2,1H3,(H,18,19). The van der Waals surface area contributed by atoms with Crippen molar-refractivity contribution in [2.45, 2.75) is 6.54 Å². The molecule has 1 amide bonds. The molecule has 96 valence electrons. The van der Waals surface area contributed by atoms with Crippen molar-refractivity contribution in [1.82, 2.24) is 19.9 Å². The van der Waals surface area contributed by atoms with E-state index >= 15 is 0 Å². The van der Waals surface area contributed by atoms with E-state index in [0.717, 1.165) is 5.56 Å². The van der Waals surface area contributed by atoms with Gasteiger partial charge in [-0.3, -0.25) is 4.79 Å². The molecule has 0 aliphatic carbocycles. The summed E-state index contributed by atoms with van der Waals surface area (Å²) in [5.74, 6) is -1.67. The van der Waals surface area contributed by atoms with Crippen LogP contribution in [0.15, 0.2) is 24.3 Å². The highest BCUT2D eigenvalue weighted by Gasteiger charge is 2.31. The van der Waals surface area contributed by atoms with Crippen LogP contribution in [0.1, 0.15) is 26.5 Å². The van der Waals surface area contributed by atoms with Gasteiger partial charge in [0.25, 0.3) is 5.91 Å². The Hall–Kier alpha value is -2.70. The SMILES string of the molecule is CN1Cc2ccccc2-n2nnc(C(=O)O)c2C1=O. The maximum Gasteiger partial charge on any atom is 0.358 e. The molecule has 0 saturated carbocycles. The highest BCUT2D eigenvalue weighted by Crippen LogP contribution is 2.23. The summed E-state index contributed by atoms with van der Waals surface area (Å²) in [6.07, 6.45) is 0. The van der Waals surface area contributed by atoms with Crippen molar-refractivity contribution in [3.05, 3.63) is 41.2 Å². The minimum atomic E-state index is -1.26. The number of hydrogen-bond donors (Lipinski definition) is 1. The van der Waals surface area contributed by atoms with Gasteiger partial charge in [0.15, 0.2) is 5.69 Å². The predicted molar refractivity (Wildman–Crippen MR) is 64.1 cm³/mol. The first-order valence-electron chi connectivity index (χ1n) is 5.62. The van der Waals surface area contributed by atoms with Crippen LogP contribution in [0.5, 0.6) is 0 Å². The number of rotatable bonds is 1. The van der Waals surface area contributed by atoms with Crippen molar-refractivity contribution >= 4 is 11.9 Å². The van der Waals surface area contributed by atoms with Gasteiger partial charge in [-0.1, -0.05) is 23.4 Å². The summed E-state index contributed by atoms with van der Waals surface area (Å²) < 4.78 is 1.30. The van der Waals surface area contributed by atoms with Crippen LogP contribution in [0.3, 0.4) is 0 Å².